The van der Waals surface area contributed by atoms with Crippen molar-refractivity contribution in [2.24, 2.45) is 5.92 Å². The van der Waals surface area contributed by atoms with Crippen LogP contribution in [-0.4, -0.2) is 49.1 Å². The average molecular weight is 766 g/mol. The van der Waals surface area contributed by atoms with Gasteiger partial charge in [-0.2, -0.15) is 13.2 Å². The lowest BCUT2D eigenvalue weighted by molar-refractivity contribution is -0.143. The van der Waals surface area contributed by atoms with Gasteiger partial charge in [0.1, 0.15) is 17.4 Å². The minimum atomic E-state index is -5.01. The molecule has 1 saturated heterocycles. The van der Waals surface area contributed by atoms with Crippen LogP contribution in [0.4, 0.5) is 33.3 Å². The molecule has 1 unspecified atom stereocenters. The quantitative estimate of drug-likeness (QED) is 0.121. The van der Waals surface area contributed by atoms with Gasteiger partial charge < -0.3 is 30.5 Å². The Kier molecular flexibility index (Phi) is 11.5. The van der Waals surface area contributed by atoms with E-state index in [1.165, 1.54) is 37.4 Å². The second-order valence-corrected chi connectivity index (χ2v) is 13.3. The zero-order valence-electron chi connectivity index (χ0n) is 29.4. The molecule has 0 aromatic heterocycles. The SMILES string of the molecule is COc1ccc(-c2cc(C(NC(=O)C3CCOCC3)C(=O)O)ccc2F)cc1C(=O)Nc1cc2c(cc1C(=O)Nc1ccc(F)c(C(F)(F)F)c1)CCCC2. The molecule has 15 heteroatoms. The first kappa shape index (κ1) is 38.9. The van der Waals surface area contributed by atoms with Crippen molar-refractivity contribution in [1.82, 2.24) is 5.32 Å². The van der Waals surface area contributed by atoms with Crippen molar-refractivity contribution in [3.05, 3.63) is 112 Å². The number of carbonyl (C=O) groups excluding carboxylic acids is 3. The average Bonchev–Trinajstić information content (AvgIpc) is 3.17. The van der Waals surface area contributed by atoms with E-state index in [2.05, 4.69) is 16.0 Å². The highest BCUT2D eigenvalue weighted by molar-refractivity contribution is 6.13. The maximum absolute atomic E-state index is 15.4. The maximum Gasteiger partial charge on any atom is 0.419 e. The number of methoxy groups -OCH3 is 1. The van der Waals surface area contributed by atoms with Crippen molar-refractivity contribution in [2.75, 3.05) is 31.0 Å². The monoisotopic (exact) mass is 765 g/mol. The van der Waals surface area contributed by atoms with Crippen LogP contribution in [0.3, 0.4) is 0 Å². The molecule has 10 nitrogen and oxygen atoms in total. The number of nitrogens with one attached hydrogen (secondary N) is 3. The van der Waals surface area contributed by atoms with E-state index >= 15 is 4.39 Å². The van der Waals surface area contributed by atoms with Crippen molar-refractivity contribution in [1.29, 1.82) is 0 Å². The number of carbonyl (C=O) groups is 4. The van der Waals surface area contributed by atoms with Crippen LogP contribution in [0.15, 0.2) is 66.7 Å². The molecule has 6 rings (SSSR count). The number of aliphatic carboxylic acids is 1. The third-order valence-electron chi connectivity index (χ3n) is 9.71. The van der Waals surface area contributed by atoms with E-state index in [1.54, 1.807) is 12.1 Å². The fourth-order valence-corrected chi connectivity index (χ4v) is 6.79. The van der Waals surface area contributed by atoms with Crippen molar-refractivity contribution in [3.8, 4) is 16.9 Å². The van der Waals surface area contributed by atoms with Crippen LogP contribution in [0, 0.1) is 17.6 Å². The predicted molar refractivity (Wildman–Crippen MR) is 191 cm³/mol. The van der Waals surface area contributed by atoms with E-state index in [4.69, 9.17) is 9.47 Å². The number of amides is 3. The maximum atomic E-state index is 15.4. The van der Waals surface area contributed by atoms with Gasteiger partial charge in [0.15, 0.2) is 6.04 Å². The molecule has 0 spiro atoms. The molecular weight excluding hydrogens is 729 g/mol. The van der Waals surface area contributed by atoms with Gasteiger partial charge in [-0.15, -0.1) is 0 Å². The molecule has 0 bridgehead atoms. The fourth-order valence-electron chi connectivity index (χ4n) is 6.79. The van der Waals surface area contributed by atoms with E-state index in [1.807, 2.05) is 0 Å². The summed E-state index contributed by atoms with van der Waals surface area (Å²) in [4.78, 5) is 52.8. The molecule has 0 saturated carbocycles. The van der Waals surface area contributed by atoms with Crippen molar-refractivity contribution in [2.45, 2.75) is 50.7 Å². The molecule has 1 aliphatic carbocycles. The van der Waals surface area contributed by atoms with Crippen molar-refractivity contribution >= 4 is 35.1 Å². The summed E-state index contributed by atoms with van der Waals surface area (Å²) in [5.74, 6) is -6.10. The summed E-state index contributed by atoms with van der Waals surface area (Å²) in [7, 11) is 1.31. The number of fused-ring (bicyclic) bond motifs is 1. The van der Waals surface area contributed by atoms with Gasteiger partial charge in [-0.3, -0.25) is 14.4 Å². The third-order valence-corrected chi connectivity index (χ3v) is 9.71. The highest BCUT2D eigenvalue weighted by Crippen LogP contribution is 2.35. The van der Waals surface area contributed by atoms with Gasteiger partial charge in [0.05, 0.1) is 29.5 Å². The Morgan fingerprint density at radius 3 is 2.16 bits per heavy atom. The molecule has 2 aliphatic rings. The molecule has 1 atom stereocenters. The van der Waals surface area contributed by atoms with Crippen LogP contribution in [0.1, 0.15) is 74.7 Å². The van der Waals surface area contributed by atoms with Gasteiger partial charge in [0, 0.05) is 30.4 Å². The number of carboxylic acids is 1. The second-order valence-electron chi connectivity index (χ2n) is 13.3. The van der Waals surface area contributed by atoms with E-state index in [0.29, 0.717) is 51.0 Å². The fraction of sp³-hybridized carbons (Fsp3) is 0.300. The number of hydrogen-bond donors (Lipinski definition) is 4. The van der Waals surface area contributed by atoms with E-state index in [-0.39, 0.29) is 44.9 Å². The Morgan fingerprint density at radius 2 is 1.49 bits per heavy atom. The Morgan fingerprint density at radius 1 is 0.818 bits per heavy atom. The molecular formula is C40H36F5N3O7. The van der Waals surface area contributed by atoms with Gasteiger partial charge in [-0.1, -0.05) is 12.1 Å². The summed E-state index contributed by atoms with van der Waals surface area (Å²) in [6.07, 6.45) is -1.19. The number of ether oxygens (including phenoxy) is 2. The zero-order chi connectivity index (χ0) is 39.4. The Hall–Kier alpha value is -5.83. The minimum Gasteiger partial charge on any atom is -0.496 e. The van der Waals surface area contributed by atoms with Gasteiger partial charge in [0.25, 0.3) is 11.8 Å². The number of halogens is 5. The Labute approximate surface area is 312 Å². The second kappa shape index (κ2) is 16.3. The summed E-state index contributed by atoms with van der Waals surface area (Å²) in [6.45, 7) is 0.736. The van der Waals surface area contributed by atoms with Crippen molar-refractivity contribution in [3.63, 3.8) is 0 Å². The lowest BCUT2D eigenvalue weighted by Crippen LogP contribution is -2.39. The van der Waals surface area contributed by atoms with Crippen LogP contribution in [0.5, 0.6) is 5.75 Å². The van der Waals surface area contributed by atoms with Gasteiger partial charge in [-0.05, 0) is 115 Å². The standard InChI is InChI=1S/C40H36F5N3O7/c1-54-34-11-7-24(27-18-25(6-9-31(27)41)35(39(52)53)48-36(49)21-12-14-55-15-13-21)17-29(34)38(51)47-33-19-23-5-3-2-4-22(23)16-28(33)37(50)46-26-8-10-32(42)30(20-26)40(43,44)45/h6-11,16-21,35H,2-5,12-15H2,1H3,(H,46,50)(H,47,51)(H,48,49)(H,52,53). The number of carboxylic acid groups (broad SMARTS) is 1. The van der Waals surface area contributed by atoms with E-state index in [0.717, 1.165) is 36.1 Å². The normalized spacial score (nSPS) is 15.0. The number of anilines is 2. The summed E-state index contributed by atoms with van der Waals surface area (Å²) in [6, 6.07) is 11.5. The number of aryl methyl sites for hydroxylation is 2. The zero-order valence-corrected chi connectivity index (χ0v) is 29.4. The third kappa shape index (κ3) is 8.78. The molecule has 0 radical (unpaired) electrons. The lowest BCUT2D eigenvalue weighted by Gasteiger charge is -2.24. The topological polar surface area (TPSA) is 143 Å². The lowest BCUT2D eigenvalue weighted by atomic mass is 9.89. The molecule has 288 valence electrons. The Balaban J connectivity index is 1.31. The van der Waals surface area contributed by atoms with Crippen LogP contribution in [0.2, 0.25) is 0 Å². The van der Waals surface area contributed by atoms with E-state index in [9.17, 15) is 41.8 Å². The van der Waals surface area contributed by atoms with Crippen LogP contribution in [0.25, 0.3) is 11.1 Å². The van der Waals surface area contributed by atoms with Crippen LogP contribution in [-0.2, 0) is 33.3 Å². The van der Waals surface area contributed by atoms with Crippen molar-refractivity contribution < 1.29 is 55.7 Å². The van der Waals surface area contributed by atoms with E-state index < -0.39 is 59.0 Å². The summed E-state index contributed by atoms with van der Waals surface area (Å²) >= 11 is 0. The highest BCUT2D eigenvalue weighted by atomic mass is 19.4. The van der Waals surface area contributed by atoms with Gasteiger partial charge >= 0.3 is 12.1 Å². The molecule has 1 fully saturated rings. The van der Waals surface area contributed by atoms with Crippen LogP contribution < -0.4 is 20.7 Å². The molecule has 3 amide bonds. The largest absolute Gasteiger partial charge is 0.496 e. The predicted octanol–water partition coefficient (Wildman–Crippen LogP) is 7.71. The minimum absolute atomic E-state index is 0.0338. The van der Waals surface area contributed by atoms with Crippen LogP contribution >= 0.6 is 0 Å². The van der Waals surface area contributed by atoms with Gasteiger partial charge in [0.2, 0.25) is 5.91 Å². The molecule has 1 heterocycles. The molecule has 4 aromatic rings. The summed E-state index contributed by atoms with van der Waals surface area (Å²) < 4.78 is 80.2. The number of rotatable bonds is 10. The first-order valence-corrected chi connectivity index (χ1v) is 17.5. The molecule has 1 aliphatic heterocycles. The molecule has 55 heavy (non-hydrogen) atoms. The first-order chi connectivity index (χ1) is 26.2. The first-order valence-electron chi connectivity index (χ1n) is 17.5. The molecule has 4 N–H and O–H groups in total. The Bertz CT molecular complexity index is 2150. The number of alkyl halides is 3. The highest BCUT2D eigenvalue weighted by Gasteiger charge is 2.35. The molecule has 4 aromatic carbocycles. The number of hydrogen-bond acceptors (Lipinski definition) is 6. The summed E-state index contributed by atoms with van der Waals surface area (Å²) in [5, 5.41) is 17.6. The summed E-state index contributed by atoms with van der Waals surface area (Å²) in [5.41, 5.74) is -0.160. The smallest absolute Gasteiger partial charge is 0.419 e. The number of benzene rings is 4. The van der Waals surface area contributed by atoms with Gasteiger partial charge in [-0.25, -0.2) is 13.6 Å².